The van der Waals surface area contributed by atoms with Gasteiger partial charge in [-0.15, -0.1) is 0 Å². The van der Waals surface area contributed by atoms with Crippen LogP contribution in [0.1, 0.15) is 17.0 Å². The van der Waals surface area contributed by atoms with Crippen LogP contribution in [0.3, 0.4) is 0 Å². The minimum Gasteiger partial charge on any atom is -0.383 e. The van der Waals surface area contributed by atoms with Crippen molar-refractivity contribution in [1.29, 1.82) is 0 Å². The Hall–Kier alpha value is -0.970. The second-order valence-electron chi connectivity index (χ2n) is 4.59. The number of hydrogen-bond acceptors (Lipinski definition) is 3. The van der Waals surface area contributed by atoms with Gasteiger partial charge in [-0.05, 0) is 25.5 Å². The molecule has 2 rings (SSSR count). The van der Waals surface area contributed by atoms with Crippen LogP contribution in [0.2, 0.25) is 5.02 Å². The first kappa shape index (κ1) is 15.4. The van der Waals surface area contributed by atoms with Crippen LogP contribution < -0.4 is 0 Å². The van der Waals surface area contributed by atoms with E-state index in [0.717, 1.165) is 33.7 Å². The molecule has 20 heavy (non-hydrogen) atoms. The number of methoxy groups -OCH3 is 1. The topological polar surface area (TPSA) is 27.1 Å². The van der Waals surface area contributed by atoms with Gasteiger partial charge in [-0.1, -0.05) is 41.6 Å². The summed E-state index contributed by atoms with van der Waals surface area (Å²) in [7, 11) is 1.72. The Morgan fingerprint density at radius 1 is 1.30 bits per heavy atom. The molecular formula is C15H19ClN2OS. The first-order chi connectivity index (χ1) is 9.63. The summed E-state index contributed by atoms with van der Waals surface area (Å²) in [6.45, 7) is 5.65. The van der Waals surface area contributed by atoms with Crippen LogP contribution in [0.5, 0.6) is 0 Å². The number of thioether (sulfide) groups is 1. The molecular weight excluding hydrogens is 292 g/mol. The Morgan fingerprint density at radius 2 is 2.05 bits per heavy atom. The fraction of sp³-hybridized carbons (Fsp3) is 0.400. The summed E-state index contributed by atoms with van der Waals surface area (Å²) in [5, 5.41) is 1.83. The van der Waals surface area contributed by atoms with Crippen LogP contribution in [0.15, 0.2) is 29.4 Å². The highest BCUT2D eigenvalue weighted by atomic mass is 35.5. The van der Waals surface area contributed by atoms with Crippen molar-refractivity contribution in [3.63, 3.8) is 0 Å². The van der Waals surface area contributed by atoms with E-state index >= 15 is 0 Å². The lowest BCUT2D eigenvalue weighted by Gasteiger charge is -2.09. The molecule has 108 valence electrons. The number of imidazole rings is 1. The van der Waals surface area contributed by atoms with Gasteiger partial charge in [0.2, 0.25) is 0 Å². The summed E-state index contributed by atoms with van der Waals surface area (Å²) in [5.41, 5.74) is 3.40. The fourth-order valence-corrected chi connectivity index (χ4v) is 3.34. The first-order valence-corrected chi connectivity index (χ1v) is 7.88. The molecule has 0 bridgehead atoms. The molecule has 0 aliphatic heterocycles. The first-order valence-electron chi connectivity index (χ1n) is 6.52. The zero-order chi connectivity index (χ0) is 14.5. The summed E-state index contributed by atoms with van der Waals surface area (Å²) in [5.74, 6) is 0.822. The smallest absolute Gasteiger partial charge is 0.168 e. The van der Waals surface area contributed by atoms with Gasteiger partial charge in [-0.25, -0.2) is 4.98 Å². The van der Waals surface area contributed by atoms with Crippen LogP contribution >= 0.6 is 23.4 Å². The van der Waals surface area contributed by atoms with Crippen LogP contribution in [0.4, 0.5) is 0 Å². The number of hydrogen-bond donors (Lipinski definition) is 0. The predicted molar refractivity (Wildman–Crippen MR) is 84.6 cm³/mol. The van der Waals surface area contributed by atoms with E-state index in [0.29, 0.717) is 6.61 Å². The molecule has 0 saturated heterocycles. The van der Waals surface area contributed by atoms with Gasteiger partial charge in [-0.3, -0.25) is 0 Å². The van der Waals surface area contributed by atoms with Gasteiger partial charge < -0.3 is 9.30 Å². The third kappa shape index (κ3) is 3.57. The van der Waals surface area contributed by atoms with E-state index in [9.17, 15) is 0 Å². The molecule has 1 heterocycles. The molecule has 2 aromatic rings. The lowest BCUT2D eigenvalue weighted by atomic mass is 10.2. The Morgan fingerprint density at radius 3 is 2.75 bits per heavy atom. The summed E-state index contributed by atoms with van der Waals surface area (Å²) in [6.07, 6.45) is 0. The average molecular weight is 311 g/mol. The average Bonchev–Trinajstić information content (AvgIpc) is 2.71. The van der Waals surface area contributed by atoms with E-state index in [1.165, 1.54) is 5.69 Å². The highest BCUT2D eigenvalue weighted by Gasteiger charge is 2.12. The monoisotopic (exact) mass is 310 g/mol. The fourth-order valence-electron chi connectivity index (χ4n) is 1.94. The van der Waals surface area contributed by atoms with E-state index in [4.69, 9.17) is 16.3 Å². The Bertz CT molecular complexity index is 583. The molecule has 0 spiro atoms. The van der Waals surface area contributed by atoms with Crippen LogP contribution in [-0.2, 0) is 17.0 Å². The molecule has 0 fully saturated rings. The van der Waals surface area contributed by atoms with Crippen molar-refractivity contribution in [2.45, 2.75) is 31.3 Å². The number of rotatable bonds is 6. The number of aromatic nitrogens is 2. The SMILES string of the molecule is COCCn1c(SCc2ccccc2Cl)nc(C)c1C. The van der Waals surface area contributed by atoms with Crippen molar-refractivity contribution in [1.82, 2.24) is 9.55 Å². The second-order valence-corrected chi connectivity index (χ2v) is 5.94. The predicted octanol–water partition coefficient (Wildman–Crippen LogP) is 4.09. The summed E-state index contributed by atoms with van der Waals surface area (Å²) >= 11 is 7.90. The maximum absolute atomic E-state index is 6.19. The van der Waals surface area contributed by atoms with Crippen molar-refractivity contribution in [3.8, 4) is 0 Å². The zero-order valence-electron chi connectivity index (χ0n) is 12.0. The Labute approximate surface area is 129 Å². The van der Waals surface area contributed by atoms with Crippen molar-refractivity contribution in [2.24, 2.45) is 0 Å². The normalized spacial score (nSPS) is 11.0. The van der Waals surface area contributed by atoms with Gasteiger partial charge in [0, 0.05) is 30.1 Å². The van der Waals surface area contributed by atoms with Crippen LogP contribution in [0, 0.1) is 13.8 Å². The number of ether oxygens (including phenoxy) is 1. The highest BCUT2D eigenvalue weighted by molar-refractivity contribution is 7.98. The number of benzene rings is 1. The largest absolute Gasteiger partial charge is 0.383 e. The van der Waals surface area contributed by atoms with E-state index in [1.807, 2.05) is 25.1 Å². The third-order valence-corrected chi connectivity index (χ3v) is 4.65. The van der Waals surface area contributed by atoms with Gasteiger partial charge in [0.1, 0.15) is 0 Å². The number of halogens is 1. The van der Waals surface area contributed by atoms with Crippen molar-refractivity contribution >= 4 is 23.4 Å². The summed E-state index contributed by atoms with van der Waals surface area (Å²) in [4.78, 5) is 4.64. The minimum absolute atomic E-state index is 0.691. The Balaban J connectivity index is 2.13. The standard InChI is InChI=1S/C15H19ClN2OS/c1-11-12(2)18(8-9-19-3)15(17-11)20-10-13-6-4-5-7-14(13)16/h4-7H,8-10H2,1-3H3. The van der Waals surface area contributed by atoms with Gasteiger partial charge in [0.25, 0.3) is 0 Å². The molecule has 0 radical (unpaired) electrons. The second kappa shape index (κ2) is 7.16. The minimum atomic E-state index is 0.691. The van der Waals surface area contributed by atoms with Crippen LogP contribution in [0.25, 0.3) is 0 Å². The molecule has 0 unspecified atom stereocenters. The molecule has 1 aromatic carbocycles. The van der Waals surface area contributed by atoms with Gasteiger partial charge in [0.15, 0.2) is 5.16 Å². The molecule has 3 nitrogen and oxygen atoms in total. The lowest BCUT2D eigenvalue weighted by Crippen LogP contribution is -2.07. The molecule has 0 amide bonds. The molecule has 0 aliphatic carbocycles. The number of nitrogens with zero attached hydrogens (tertiary/aromatic N) is 2. The van der Waals surface area contributed by atoms with E-state index in [2.05, 4.69) is 22.5 Å². The van der Waals surface area contributed by atoms with Crippen molar-refractivity contribution in [2.75, 3.05) is 13.7 Å². The molecule has 1 aromatic heterocycles. The van der Waals surface area contributed by atoms with Gasteiger partial charge in [-0.2, -0.15) is 0 Å². The number of aryl methyl sites for hydroxylation is 1. The van der Waals surface area contributed by atoms with E-state index in [-0.39, 0.29) is 0 Å². The van der Waals surface area contributed by atoms with Crippen LogP contribution in [-0.4, -0.2) is 23.3 Å². The quantitative estimate of drug-likeness (QED) is 0.752. The summed E-state index contributed by atoms with van der Waals surface area (Å²) in [6, 6.07) is 7.93. The van der Waals surface area contributed by atoms with Gasteiger partial charge >= 0.3 is 0 Å². The molecule has 0 atom stereocenters. The Kier molecular flexibility index (Phi) is 5.52. The molecule has 0 N–H and O–H groups in total. The maximum atomic E-state index is 6.19. The van der Waals surface area contributed by atoms with Crippen molar-refractivity contribution < 1.29 is 4.74 Å². The molecule has 0 aliphatic rings. The maximum Gasteiger partial charge on any atom is 0.168 e. The van der Waals surface area contributed by atoms with E-state index < -0.39 is 0 Å². The van der Waals surface area contributed by atoms with Gasteiger partial charge in [0.05, 0.1) is 12.3 Å². The zero-order valence-corrected chi connectivity index (χ0v) is 13.6. The lowest BCUT2D eigenvalue weighted by molar-refractivity contribution is 0.184. The summed E-state index contributed by atoms with van der Waals surface area (Å²) < 4.78 is 7.38. The molecule has 0 saturated carbocycles. The van der Waals surface area contributed by atoms with Crippen molar-refractivity contribution in [3.05, 3.63) is 46.2 Å². The molecule has 5 heteroatoms. The van der Waals surface area contributed by atoms with E-state index in [1.54, 1.807) is 18.9 Å². The third-order valence-electron chi connectivity index (χ3n) is 3.26. The highest BCUT2D eigenvalue weighted by Crippen LogP contribution is 2.27.